The summed E-state index contributed by atoms with van der Waals surface area (Å²) in [6, 6.07) is 28.5. The minimum atomic E-state index is -1.47. The molecule has 1 aliphatic rings. The number of benzene rings is 4. The number of carbonyl (C=O) groups excluding carboxylic acids is 1. The molecule has 46 heavy (non-hydrogen) atoms. The van der Waals surface area contributed by atoms with E-state index >= 15 is 0 Å². The molecule has 11 heteroatoms. The fourth-order valence-electron chi connectivity index (χ4n) is 5.40. The number of azide groups is 1. The van der Waals surface area contributed by atoms with Gasteiger partial charge < -0.3 is 19.9 Å². The van der Waals surface area contributed by atoms with Crippen molar-refractivity contribution in [3.63, 3.8) is 0 Å². The summed E-state index contributed by atoms with van der Waals surface area (Å²) in [5.74, 6) is 0.204. The average Bonchev–Trinajstić information content (AvgIpc) is 3.45. The van der Waals surface area contributed by atoms with E-state index in [4.69, 9.17) is 25.1 Å². The van der Waals surface area contributed by atoms with Crippen molar-refractivity contribution in [2.24, 2.45) is 10.1 Å². The second-order valence-corrected chi connectivity index (χ2v) is 11.6. The Labute approximate surface area is 274 Å². The first-order valence-corrected chi connectivity index (χ1v) is 15.7. The molecule has 236 valence electrons. The molecule has 4 aromatic carbocycles. The lowest BCUT2D eigenvalue weighted by atomic mass is 9.80. The molecule has 0 saturated carbocycles. The Kier molecular flexibility index (Phi) is 11.0. The van der Waals surface area contributed by atoms with Crippen LogP contribution in [-0.2, 0) is 28.9 Å². The normalized spacial score (nSPS) is 17.0. The van der Waals surface area contributed by atoms with Crippen LogP contribution in [0.1, 0.15) is 40.3 Å². The fourth-order valence-corrected chi connectivity index (χ4v) is 5.82. The van der Waals surface area contributed by atoms with Gasteiger partial charge in [-0.3, -0.25) is 4.79 Å². The number of halogens is 2. The molecule has 2 atom stereocenters. The van der Waals surface area contributed by atoms with Crippen molar-refractivity contribution in [2.45, 2.75) is 37.5 Å². The molecule has 9 nitrogen and oxygen atoms in total. The van der Waals surface area contributed by atoms with Gasteiger partial charge in [-0.15, -0.1) is 0 Å². The van der Waals surface area contributed by atoms with Crippen LogP contribution in [0, 0.1) is 5.82 Å². The van der Waals surface area contributed by atoms with E-state index in [0.717, 1.165) is 15.6 Å². The number of amides is 1. The second-order valence-electron chi connectivity index (χ2n) is 10.8. The molecule has 5 rings (SSSR count). The van der Waals surface area contributed by atoms with Crippen molar-refractivity contribution in [3.8, 4) is 5.75 Å². The van der Waals surface area contributed by atoms with Crippen LogP contribution in [0.5, 0.6) is 5.75 Å². The third kappa shape index (κ3) is 7.74. The summed E-state index contributed by atoms with van der Waals surface area (Å²) in [5.41, 5.74) is 11.2. The van der Waals surface area contributed by atoms with Gasteiger partial charge in [0.05, 0.1) is 13.2 Å². The van der Waals surface area contributed by atoms with E-state index in [-0.39, 0.29) is 43.7 Å². The standard InChI is InChI=1S/C35H33BrFN5O4/c36-31-12-4-2-8-26(31)22-35(34(44)39-18-17-24-7-5-10-28(37)21-24)32(30-11-3-1-9-27(30)23-40-42-38)46-33(41-35)25-13-15-29(16-14-25)45-20-6-19-43/h1-5,7-16,21,32,43H,6,17-20,22-23H2,(H,39,44)/t32-,35-/m1/s1. The summed E-state index contributed by atoms with van der Waals surface area (Å²) in [7, 11) is 0. The predicted molar refractivity (Wildman–Crippen MR) is 177 cm³/mol. The van der Waals surface area contributed by atoms with Crippen molar-refractivity contribution in [2.75, 3.05) is 19.8 Å². The van der Waals surface area contributed by atoms with Gasteiger partial charge in [-0.1, -0.05) is 75.6 Å². The summed E-state index contributed by atoms with van der Waals surface area (Å²) in [6.07, 6.45) is 0.240. The van der Waals surface area contributed by atoms with Crippen LogP contribution >= 0.6 is 15.9 Å². The Morgan fingerprint density at radius 3 is 2.57 bits per heavy atom. The zero-order valence-electron chi connectivity index (χ0n) is 25.0. The number of aliphatic hydroxyl groups is 1. The number of nitrogens with one attached hydrogen (secondary N) is 1. The first kappa shape index (κ1) is 32.7. The second kappa shape index (κ2) is 15.5. The van der Waals surface area contributed by atoms with Crippen molar-refractivity contribution in [1.29, 1.82) is 0 Å². The highest BCUT2D eigenvalue weighted by Crippen LogP contribution is 2.44. The van der Waals surface area contributed by atoms with E-state index in [9.17, 15) is 9.18 Å². The molecule has 0 radical (unpaired) electrons. The Balaban J connectivity index is 1.57. The molecule has 0 aromatic heterocycles. The van der Waals surface area contributed by atoms with Crippen LogP contribution in [0.15, 0.2) is 112 Å². The molecule has 0 unspecified atom stereocenters. The van der Waals surface area contributed by atoms with Gasteiger partial charge in [0, 0.05) is 40.9 Å². The minimum Gasteiger partial charge on any atom is -0.494 e. The lowest BCUT2D eigenvalue weighted by Gasteiger charge is -2.32. The van der Waals surface area contributed by atoms with Gasteiger partial charge >= 0.3 is 0 Å². The van der Waals surface area contributed by atoms with Crippen molar-refractivity contribution >= 4 is 27.7 Å². The van der Waals surface area contributed by atoms with E-state index in [2.05, 4.69) is 31.3 Å². The van der Waals surface area contributed by atoms with E-state index in [1.807, 2.05) is 66.7 Å². The zero-order chi connectivity index (χ0) is 32.4. The maximum absolute atomic E-state index is 14.5. The number of carbonyl (C=O) groups is 1. The van der Waals surface area contributed by atoms with Gasteiger partial charge in [0.25, 0.3) is 5.91 Å². The van der Waals surface area contributed by atoms with Crippen LogP contribution in [0.3, 0.4) is 0 Å². The molecule has 2 N–H and O–H groups in total. The van der Waals surface area contributed by atoms with Gasteiger partial charge in [-0.2, -0.15) is 0 Å². The van der Waals surface area contributed by atoms with Crippen molar-refractivity contribution in [3.05, 3.63) is 146 Å². The van der Waals surface area contributed by atoms with Crippen LogP contribution in [0.4, 0.5) is 4.39 Å². The first-order chi connectivity index (χ1) is 22.4. The SMILES string of the molecule is [N-]=[N+]=NCc1ccccc1[C@H]1OC(c2ccc(OCCCO)cc2)=N[C@@]1(Cc1ccccc1Br)C(=O)NCCc1cccc(F)c1. The quantitative estimate of drug-likeness (QED) is 0.0640. The Bertz CT molecular complexity index is 1750. The largest absolute Gasteiger partial charge is 0.494 e. The molecule has 0 bridgehead atoms. The van der Waals surface area contributed by atoms with Gasteiger partial charge in [0.1, 0.15) is 11.6 Å². The summed E-state index contributed by atoms with van der Waals surface area (Å²) in [5, 5.41) is 15.9. The number of hydrogen-bond donors (Lipinski definition) is 2. The summed E-state index contributed by atoms with van der Waals surface area (Å²) in [6.45, 7) is 0.725. The summed E-state index contributed by atoms with van der Waals surface area (Å²) < 4.78 is 27.0. The maximum Gasteiger partial charge on any atom is 0.252 e. The van der Waals surface area contributed by atoms with E-state index < -0.39 is 11.6 Å². The van der Waals surface area contributed by atoms with Crippen LogP contribution < -0.4 is 10.1 Å². The third-order valence-electron chi connectivity index (χ3n) is 7.68. The predicted octanol–water partition coefficient (Wildman–Crippen LogP) is 7.02. The molecule has 0 spiro atoms. The number of nitrogens with zero attached hydrogens (tertiary/aromatic N) is 4. The molecule has 4 aromatic rings. The number of aliphatic imine (C=N–C) groups is 1. The molecule has 1 heterocycles. The number of ether oxygens (including phenoxy) is 2. The summed E-state index contributed by atoms with van der Waals surface area (Å²) in [4.78, 5) is 22.5. The van der Waals surface area contributed by atoms with Gasteiger partial charge in [0.15, 0.2) is 11.6 Å². The van der Waals surface area contributed by atoms with E-state index in [1.54, 1.807) is 18.2 Å². The molecular formula is C35H33BrFN5O4. The highest BCUT2D eigenvalue weighted by Gasteiger charge is 2.54. The van der Waals surface area contributed by atoms with Crippen LogP contribution in [-0.4, -0.2) is 42.2 Å². The van der Waals surface area contributed by atoms with Crippen molar-refractivity contribution in [1.82, 2.24) is 5.32 Å². The number of aliphatic hydroxyl groups excluding tert-OH is 1. The highest BCUT2D eigenvalue weighted by molar-refractivity contribution is 9.10. The van der Waals surface area contributed by atoms with Gasteiger partial charge in [0.2, 0.25) is 5.90 Å². The van der Waals surface area contributed by atoms with Crippen LogP contribution in [0.25, 0.3) is 10.4 Å². The Hall–Kier alpha value is -4.70. The molecule has 0 aliphatic carbocycles. The van der Waals surface area contributed by atoms with E-state index in [1.165, 1.54) is 12.1 Å². The Morgan fingerprint density at radius 2 is 1.83 bits per heavy atom. The lowest BCUT2D eigenvalue weighted by Crippen LogP contribution is -2.50. The Morgan fingerprint density at radius 1 is 1.07 bits per heavy atom. The molecule has 0 saturated heterocycles. The van der Waals surface area contributed by atoms with E-state index in [0.29, 0.717) is 41.9 Å². The smallest absolute Gasteiger partial charge is 0.252 e. The highest BCUT2D eigenvalue weighted by atomic mass is 79.9. The maximum atomic E-state index is 14.5. The molecular weight excluding hydrogens is 653 g/mol. The minimum absolute atomic E-state index is 0.0369. The topological polar surface area (TPSA) is 129 Å². The van der Waals surface area contributed by atoms with Gasteiger partial charge in [-0.05, 0) is 76.7 Å². The summed E-state index contributed by atoms with van der Waals surface area (Å²) >= 11 is 3.64. The monoisotopic (exact) mass is 685 g/mol. The third-order valence-corrected chi connectivity index (χ3v) is 8.45. The average molecular weight is 687 g/mol. The number of hydrogen-bond acceptors (Lipinski definition) is 6. The molecule has 0 fully saturated rings. The molecule has 1 aliphatic heterocycles. The molecule has 1 amide bonds. The van der Waals surface area contributed by atoms with Crippen LogP contribution in [0.2, 0.25) is 0 Å². The van der Waals surface area contributed by atoms with Crippen molar-refractivity contribution < 1.29 is 23.8 Å². The zero-order valence-corrected chi connectivity index (χ0v) is 26.6. The fraction of sp³-hybridized carbons (Fsp3) is 0.257. The lowest BCUT2D eigenvalue weighted by molar-refractivity contribution is -0.128. The van der Waals surface area contributed by atoms with Gasteiger partial charge in [-0.25, -0.2) is 9.38 Å². The number of rotatable bonds is 14. The first-order valence-electron chi connectivity index (χ1n) is 14.9.